The molecule has 0 N–H and O–H groups in total. The van der Waals surface area contributed by atoms with Gasteiger partial charge in [0, 0.05) is 5.56 Å². The quantitative estimate of drug-likeness (QED) is 0.690. The second-order valence-corrected chi connectivity index (χ2v) is 5.05. The van der Waals surface area contributed by atoms with Gasteiger partial charge >= 0.3 is 11.9 Å². The lowest BCUT2D eigenvalue weighted by Gasteiger charge is -2.09. The fourth-order valence-corrected chi connectivity index (χ4v) is 1.59. The summed E-state index contributed by atoms with van der Waals surface area (Å²) in [6.07, 6.45) is 0.0591. The highest BCUT2D eigenvalue weighted by atomic mass is 16.5. The van der Waals surface area contributed by atoms with Gasteiger partial charge in [0.05, 0.1) is 26.6 Å². The second kappa shape index (κ2) is 9.00. The molecule has 0 radical (unpaired) electrons. The number of benzene rings is 1. The minimum Gasteiger partial charge on any atom is -0.496 e. The normalized spacial score (nSPS) is 10.3. The second-order valence-electron chi connectivity index (χ2n) is 5.05. The number of ether oxygens (including phenoxy) is 3. The summed E-state index contributed by atoms with van der Waals surface area (Å²) < 4.78 is 15.3. The van der Waals surface area contributed by atoms with E-state index in [4.69, 9.17) is 14.2 Å². The number of rotatable bonds is 8. The molecule has 5 nitrogen and oxygen atoms in total. The van der Waals surface area contributed by atoms with Crippen LogP contribution in [0.4, 0.5) is 0 Å². The van der Waals surface area contributed by atoms with Crippen molar-refractivity contribution in [3.8, 4) is 5.75 Å². The summed E-state index contributed by atoms with van der Waals surface area (Å²) in [5.74, 6) is 0.147. The van der Waals surface area contributed by atoms with Crippen molar-refractivity contribution in [3.63, 3.8) is 0 Å². The van der Waals surface area contributed by atoms with Crippen molar-refractivity contribution in [1.29, 1.82) is 0 Å². The van der Waals surface area contributed by atoms with Gasteiger partial charge in [-0.25, -0.2) is 0 Å². The van der Waals surface area contributed by atoms with Gasteiger partial charge in [0.15, 0.2) is 0 Å². The van der Waals surface area contributed by atoms with Crippen molar-refractivity contribution in [2.45, 2.75) is 33.3 Å². The average molecular weight is 294 g/mol. The molecule has 0 aliphatic rings. The Labute approximate surface area is 125 Å². The van der Waals surface area contributed by atoms with Gasteiger partial charge in [-0.1, -0.05) is 32.0 Å². The highest BCUT2D eigenvalue weighted by molar-refractivity contribution is 5.77. The Balaban J connectivity index is 2.29. The molecule has 0 heterocycles. The van der Waals surface area contributed by atoms with Crippen LogP contribution in [0.5, 0.6) is 5.75 Å². The van der Waals surface area contributed by atoms with Gasteiger partial charge in [0.25, 0.3) is 0 Å². The predicted molar refractivity (Wildman–Crippen MR) is 77.8 cm³/mol. The molecule has 0 saturated carbocycles. The van der Waals surface area contributed by atoms with Crippen LogP contribution in [0.15, 0.2) is 24.3 Å². The molecule has 0 bridgehead atoms. The number of esters is 2. The van der Waals surface area contributed by atoms with Crippen LogP contribution in [-0.2, 0) is 25.7 Å². The summed E-state index contributed by atoms with van der Waals surface area (Å²) in [7, 11) is 1.56. The standard InChI is InChI=1S/C16H22O5/c1-12(2)10-20-15(17)8-9-16(18)21-11-13-6-4-5-7-14(13)19-3/h4-7,12H,8-11H2,1-3H3. The molecule has 0 unspecified atom stereocenters. The van der Waals surface area contributed by atoms with Crippen molar-refractivity contribution >= 4 is 11.9 Å². The zero-order valence-electron chi connectivity index (χ0n) is 12.8. The van der Waals surface area contributed by atoms with Crippen LogP contribution in [0, 0.1) is 5.92 Å². The molecular formula is C16H22O5. The summed E-state index contributed by atoms with van der Waals surface area (Å²) in [4.78, 5) is 23.0. The van der Waals surface area contributed by atoms with Crippen LogP contribution in [0.25, 0.3) is 0 Å². The third-order valence-corrected chi connectivity index (χ3v) is 2.69. The Bertz CT molecular complexity index is 467. The first-order valence-corrected chi connectivity index (χ1v) is 6.96. The van der Waals surface area contributed by atoms with Crippen LogP contribution in [-0.4, -0.2) is 25.7 Å². The lowest BCUT2D eigenvalue weighted by atomic mass is 10.2. The number of hydrogen-bond donors (Lipinski definition) is 0. The lowest BCUT2D eigenvalue weighted by Crippen LogP contribution is -2.13. The Morgan fingerprint density at radius 2 is 1.67 bits per heavy atom. The van der Waals surface area contributed by atoms with Gasteiger partial charge < -0.3 is 14.2 Å². The van der Waals surface area contributed by atoms with E-state index in [2.05, 4.69) is 0 Å². The molecule has 0 aliphatic heterocycles. The first-order chi connectivity index (χ1) is 10.0. The van der Waals surface area contributed by atoms with E-state index in [-0.39, 0.29) is 31.3 Å². The first-order valence-electron chi connectivity index (χ1n) is 6.96. The molecule has 0 fully saturated rings. The number of carbonyl (C=O) groups excluding carboxylic acids is 2. The third-order valence-electron chi connectivity index (χ3n) is 2.69. The van der Waals surface area contributed by atoms with Gasteiger partial charge in [-0.2, -0.15) is 0 Å². The molecule has 1 rings (SSSR count). The molecule has 0 atom stereocenters. The summed E-state index contributed by atoms with van der Waals surface area (Å²) in [5.41, 5.74) is 0.788. The van der Waals surface area contributed by atoms with E-state index in [9.17, 15) is 9.59 Å². The highest BCUT2D eigenvalue weighted by Crippen LogP contribution is 2.18. The monoisotopic (exact) mass is 294 g/mol. The molecule has 0 saturated heterocycles. The number of carbonyl (C=O) groups is 2. The maximum atomic E-state index is 11.6. The molecule has 1 aromatic rings. The van der Waals surface area contributed by atoms with E-state index in [1.165, 1.54) is 0 Å². The smallest absolute Gasteiger partial charge is 0.306 e. The minimum absolute atomic E-state index is 0.0199. The van der Waals surface area contributed by atoms with Crippen LogP contribution >= 0.6 is 0 Å². The Morgan fingerprint density at radius 1 is 1.05 bits per heavy atom. The van der Waals surface area contributed by atoms with Crippen molar-refractivity contribution in [2.75, 3.05) is 13.7 Å². The molecule has 21 heavy (non-hydrogen) atoms. The zero-order chi connectivity index (χ0) is 15.7. The van der Waals surface area contributed by atoms with Gasteiger partial charge in [-0.3, -0.25) is 9.59 Å². The average Bonchev–Trinajstić information content (AvgIpc) is 2.49. The van der Waals surface area contributed by atoms with E-state index in [1.54, 1.807) is 13.2 Å². The van der Waals surface area contributed by atoms with E-state index >= 15 is 0 Å². The van der Waals surface area contributed by atoms with Gasteiger partial charge in [-0.05, 0) is 12.0 Å². The largest absolute Gasteiger partial charge is 0.496 e. The molecular weight excluding hydrogens is 272 g/mol. The topological polar surface area (TPSA) is 61.8 Å². The number of hydrogen-bond acceptors (Lipinski definition) is 5. The van der Waals surface area contributed by atoms with Crippen molar-refractivity contribution in [3.05, 3.63) is 29.8 Å². The molecule has 0 aromatic heterocycles. The van der Waals surface area contributed by atoms with E-state index in [0.29, 0.717) is 12.4 Å². The molecule has 0 aliphatic carbocycles. The van der Waals surface area contributed by atoms with Crippen LogP contribution in [0.3, 0.4) is 0 Å². The molecule has 5 heteroatoms. The maximum absolute atomic E-state index is 11.6. The Hall–Kier alpha value is -2.04. The van der Waals surface area contributed by atoms with Crippen LogP contribution in [0.1, 0.15) is 32.3 Å². The first kappa shape index (κ1) is 17.0. The highest BCUT2D eigenvalue weighted by Gasteiger charge is 2.11. The summed E-state index contributed by atoms with van der Waals surface area (Å²) in [5, 5.41) is 0. The molecule has 0 amide bonds. The Morgan fingerprint density at radius 3 is 2.29 bits per heavy atom. The Kier molecular flexibility index (Phi) is 7.29. The molecule has 0 spiro atoms. The van der Waals surface area contributed by atoms with Gasteiger partial charge in [-0.15, -0.1) is 0 Å². The van der Waals surface area contributed by atoms with Crippen molar-refractivity contribution < 1.29 is 23.8 Å². The van der Waals surface area contributed by atoms with Crippen molar-refractivity contribution in [1.82, 2.24) is 0 Å². The predicted octanol–water partition coefficient (Wildman–Crippen LogP) is 2.72. The van der Waals surface area contributed by atoms with E-state index in [0.717, 1.165) is 5.56 Å². The number of methoxy groups -OCH3 is 1. The third kappa shape index (κ3) is 6.79. The number of para-hydroxylation sites is 1. The fraction of sp³-hybridized carbons (Fsp3) is 0.500. The van der Waals surface area contributed by atoms with E-state index < -0.39 is 5.97 Å². The minimum atomic E-state index is -0.428. The molecule has 1 aromatic carbocycles. The van der Waals surface area contributed by atoms with Gasteiger partial charge in [0.1, 0.15) is 12.4 Å². The lowest BCUT2D eigenvalue weighted by molar-refractivity contribution is -0.151. The van der Waals surface area contributed by atoms with Crippen molar-refractivity contribution in [2.24, 2.45) is 5.92 Å². The molecule has 116 valence electrons. The maximum Gasteiger partial charge on any atom is 0.306 e. The van der Waals surface area contributed by atoms with Gasteiger partial charge in [0.2, 0.25) is 0 Å². The SMILES string of the molecule is COc1ccccc1COC(=O)CCC(=O)OCC(C)C. The van der Waals surface area contributed by atoms with E-state index in [1.807, 2.05) is 32.0 Å². The zero-order valence-corrected chi connectivity index (χ0v) is 12.8. The fourth-order valence-electron chi connectivity index (χ4n) is 1.59. The summed E-state index contributed by atoms with van der Waals surface area (Å²) in [6.45, 7) is 4.41. The summed E-state index contributed by atoms with van der Waals surface area (Å²) >= 11 is 0. The summed E-state index contributed by atoms with van der Waals surface area (Å²) in [6, 6.07) is 7.30. The van der Waals surface area contributed by atoms with Crippen LogP contribution in [0.2, 0.25) is 0 Å². The van der Waals surface area contributed by atoms with Crippen LogP contribution < -0.4 is 4.74 Å².